The Bertz CT molecular complexity index is 611. The van der Waals surface area contributed by atoms with Gasteiger partial charge in [-0.25, -0.2) is 0 Å². The first-order chi connectivity index (χ1) is 19.2. The summed E-state index contributed by atoms with van der Waals surface area (Å²) >= 11 is 0. The molecule has 0 aromatic rings. The van der Waals surface area contributed by atoms with E-state index in [4.69, 9.17) is 0 Å². The van der Waals surface area contributed by atoms with Gasteiger partial charge in [0, 0.05) is 25.7 Å². The second kappa shape index (κ2) is 16.7. The van der Waals surface area contributed by atoms with E-state index in [-0.39, 0.29) is 0 Å². The van der Waals surface area contributed by atoms with Crippen molar-refractivity contribution in [3.63, 3.8) is 0 Å². The van der Waals surface area contributed by atoms with Gasteiger partial charge in [-0.3, -0.25) is 0 Å². The third-order valence-corrected chi connectivity index (χ3v) is 12.7. The molecule has 0 saturated heterocycles. The largest absolute Gasteiger partial charge is 0.323 e. The topological polar surface area (TPSA) is 0 Å². The molecule has 0 unspecified atom stereocenters. The van der Waals surface area contributed by atoms with Crippen molar-refractivity contribution in [2.24, 2.45) is 11.8 Å². The molecule has 4 fully saturated rings. The summed E-state index contributed by atoms with van der Waals surface area (Å²) in [5.41, 5.74) is 1.13. The average Bonchev–Trinajstić information content (AvgIpc) is 2.90. The minimum atomic E-state index is 0.566. The van der Waals surface area contributed by atoms with E-state index < -0.39 is 0 Å². The highest BCUT2D eigenvalue weighted by molar-refractivity contribution is 5.11. The van der Waals surface area contributed by atoms with Gasteiger partial charge in [0.1, 0.15) is 11.1 Å². The fourth-order valence-corrected chi connectivity index (χ4v) is 10.0. The summed E-state index contributed by atoms with van der Waals surface area (Å²) in [4.78, 5) is 0. The van der Waals surface area contributed by atoms with Crippen LogP contribution in [-0.4, -0.2) is 61.3 Å². The van der Waals surface area contributed by atoms with E-state index in [2.05, 4.69) is 42.0 Å². The zero-order chi connectivity index (χ0) is 29.0. The maximum Gasteiger partial charge on any atom is 0.105 e. The van der Waals surface area contributed by atoms with Crippen molar-refractivity contribution in [3.05, 3.63) is 0 Å². The molecule has 0 aromatic carbocycles. The summed E-state index contributed by atoms with van der Waals surface area (Å²) in [5.74, 6) is 2.02. The first-order valence-corrected chi connectivity index (χ1v) is 18.9. The van der Waals surface area contributed by atoms with Crippen LogP contribution in [0.2, 0.25) is 0 Å². The molecule has 236 valence electrons. The highest BCUT2D eigenvalue weighted by Crippen LogP contribution is 2.63. The van der Waals surface area contributed by atoms with Crippen LogP contribution in [0.1, 0.15) is 181 Å². The number of hydrogen-bond acceptors (Lipinski definition) is 0. The first kappa shape index (κ1) is 34.4. The second-order valence-electron chi connectivity index (χ2n) is 16.6. The molecule has 0 heterocycles. The lowest BCUT2D eigenvalue weighted by atomic mass is 9.48. The summed E-state index contributed by atoms with van der Waals surface area (Å²) in [7, 11) is 10.6. The van der Waals surface area contributed by atoms with Crippen LogP contribution in [0.25, 0.3) is 0 Å². The number of rotatable bonds is 24. The zero-order valence-corrected chi connectivity index (χ0v) is 28.8. The molecule has 4 saturated carbocycles. The molecular formula is C38H76N2+2. The third kappa shape index (κ3) is 9.46. The fraction of sp³-hybridized carbons (Fsp3) is 1.00. The Labute approximate surface area is 253 Å². The smallest absolute Gasteiger partial charge is 0.105 e. The van der Waals surface area contributed by atoms with Crippen LogP contribution in [-0.2, 0) is 0 Å². The maximum atomic E-state index is 2.65. The molecule has 4 bridgehead atoms. The van der Waals surface area contributed by atoms with Gasteiger partial charge in [-0.05, 0) is 43.9 Å². The van der Waals surface area contributed by atoms with Crippen molar-refractivity contribution in [2.75, 3.05) is 41.3 Å². The molecular weight excluding hydrogens is 484 g/mol. The molecule has 2 nitrogen and oxygen atoms in total. The third-order valence-electron chi connectivity index (χ3n) is 12.7. The van der Waals surface area contributed by atoms with Crippen LogP contribution in [0, 0.1) is 11.8 Å². The van der Waals surface area contributed by atoms with Crippen molar-refractivity contribution in [1.82, 2.24) is 0 Å². The quantitative estimate of drug-likeness (QED) is 0.0813. The summed E-state index contributed by atoms with van der Waals surface area (Å²) in [6, 6.07) is 0. The van der Waals surface area contributed by atoms with Gasteiger partial charge in [0.15, 0.2) is 0 Å². The molecule has 4 aliphatic rings. The Balaban J connectivity index is 1.42. The van der Waals surface area contributed by atoms with E-state index >= 15 is 0 Å². The number of quaternary nitrogens is 2. The van der Waals surface area contributed by atoms with Crippen molar-refractivity contribution in [3.8, 4) is 0 Å². The highest BCUT2D eigenvalue weighted by Gasteiger charge is 2.68. The first-order valence-electron chi connectivity index (χ1n) is 18.9. The summed E-state index contributed by atoms with van der Waals surface area (Å²) in [5, 5.41) is 0. The number of nitrogens with zero attached hydrogens (tertiary/aromatic N) is 2. The Morgan fingerprint density at radius 2 is 0.700 bits per heavy atom. The van der Waals surface area contributed by atoms with Gasteiger partial charge in [-0.2, -0.15) is 0 Å². The normalized spacial score (nSPS) is 28.1. The lowest BCUT2D eigenvalue weighted by molar-refractivity contribution is -0.980. The van der Waals surface area contributed by atoms with E-state index in [1.807, 2.05) is 0 Å². The summed E-state index contributed by atoms with van der Waals surface area (Å²) in [6.45, 7) is 7.47. The standard InChI is InChI=1S/C38H76N2/c1-7-9-11-13-15-17-19-21-23-25-27-39(3,4)37-30-35-29-36(31-37)33-38(32-35,34-37)40(5,6)28-26-24-22-20-18-16-14-12-10-8-2/h35-36H,7-34H2,1-6H3/q+2. The van der Waals surface area contributed by atoms with Gasteiger partial charge < -0.3 is 8.97 Å². The molecule has 0 N–H and O–H groups in total. The van der Waals surface area contributed by atoms with Crippen LogP contribution >= 0.6 is 0 Å². The monoisotopic (exact) mass is 561 g/mol. The Kier molecular flexibility index (Phi) is 14.4. The van der Waals surface area contributed by atoms with Crippen molar-refractivity contribution >= 4 is 0 Å². The number of unbranched alkanes of at least 4 members (excludes halogenated alkanes) is 18. The lowest BCUT2D eigenvalue weighted by Gasteiger charge is -2.68. The second-order valence-corrected chi connectivity index (χ2v) is 16.6. The molecule has 40 heavy (non-hydrogen) atoms. The highest BCUT2D eigenvalue weighted by atomic mass is 15.4. The van der Waals surface area contributed by atoms with Gasteiger partial charge >= 0.3 is 0 Å². The molecule has 4 aliphatic carbocycles. The molecule has 0 spiro atoms. The van der Waals surface area contributed by atoms with E-state index in [0.29, 0.717) is 11.1 Å². The van der Waals surface area contributed by atoms with Crippen molar-refractivity contribution in [1.29, 1.82) is 0 Å². The van der Waals surface area contributed by atoms with Gasteiger partial charge in [0.2, 0.25) is 0 Å². The van der Waals surface area contributed by atoms with Crippen LogP contribution in [0.4, 0.5) is 0 Å². The summed E-state index contributed by atoms with van der Waals surface area (Å²) < 4.78 is 2.63. The molecule has 4 rings (SSSR count). The minimum Gasteiger partial charge on any atom is -0.323 e. The van der Waals surface area contributed by atoms with Crippen LogP contribution in [0.3, 0.4) is 0 Å². The molecule has 0 amide bonds. The minimum absolute atomic E-state index is 0.566. The van der Waals surface area contributed by atoms with Crippen molar-refractivity contribution < 1.29 is 8.97 Å². The zero-order valence-electron chi connectivity index (χ0n) is 28.8. The van der Waals surface area contributed by atoms with Gasteiger partial charge in [-0.15, -0.1) is 0 Å². The predicted octanol–water partition coefficient (Wildman–Crippen LogP) is 11.1. The maximum absolute atomic E-state index is 2.65. The van der Waals surface area contributed by atoms with Gasteiger partial charge in [0.05, 0.1) is 47.7 Å². The van der Waals surface area contributed by atoms with E-state index in [9.17, 15) is 0 Å². The van der Waals surface area contributed by atoms with Crippen LogP contribution in [0.15, 0.2) is 0 Å². The van der Waals surface area contributed by atoms with E-state index in [1.165, 1.54) is 183 Å². The van der Waals surface area contributed by atoms with Gasteiger partial charge in [-0.1, -0.05) is 117 Å². The van der Waals surface area contributed by atoms with Gasteiger partial charge in [0.25, 0.3) is 0 Å². The van der Waals surface area contributed by atoms with Crippen LogP contribution in [0.5, 0.6) is 0 Å². The Hall–Kier alpha value is -0.0800. The van der Waals surface area contributed by atoms with Crippen molar-refractivity contribution in [2.45, 2.75) is 192 Å². The Morgan fingerprint density at radius 3 is 1.00 bits per heavy atom. The molecule has 0 radical (unpaired) electrons. The Morgan fingerprint density at radius 1 is 0.425 bits per heavy atom. The molecule has 2 heteroatoms. The molecule has 0 atom stereocenters. The van der Waals surface area contributed by atoms with E-state index in [0.717, 1.165) is 11.8 Å². The molecule has 0 aliphatic heterocycles. The fourth-order valence-electron chi connectivity index (χ4n) is 10.0. The SMILES string of the molecule is CCCCCCCCCCCC[N+](C)(C)C12CC3CC(C1)CC([N+](C)(C)CCCCCCCCCCCC)(C3)C2. The summed E-state index contributed by atoms with van der Waals surface area (Å²) in [6.07, 6.45) is 38.3. The average molecular weight is 561 g/mol. The molecule has 0 aromatic heterocycles. The van der Waals surface area contributed by atoms with E-state index in [1.54, 1.807) is 6.42 Å². The lowest BCUT2D eigenvalue weighted by Crippen LogP contribution is -2.76. The predicted molar refractivity (Wildman–Crippen MR) is 178 cm³/mol. The number of hydrogen-bond donors (Lipinski definition) is 0. The van der Waals surface area contributed by atoms with Crippen LogP contribution < -0.4 is 0 Å².